The number of benzene rings is 1. The van der Waals surface area contributed by atoms with Crippen LogP contribution in [0.5, 0.6) is 11.5 Å². The molecule has 0 saturated heterocycles. The second-order valence-electron chi connectivity index (χ2n) is 4.53. The fourth-order valence-electron chi connectivity index (χ4n) is 1.98. The van der Waals surface area contributed by atoms with Crippen molar-refractivity contribution in [2.45, 2.75) is 13.0 Å². The van der Waals surface area contributed by atoms with Crippen LogP contribution in [0.2, 0.25) is 0 Å². The summed E-state index contributed by atoms with van der Waals surface area (Å²) in [5.74, 6) is 1.31. The quantitative estimate of drug-likeness (QED) is 0.788. The lowest BCUT2D eigenvalue weighted by molar-refractivity contribution is 0.194. The van der Waals surface area contributed by atoms with Crippen LogP contribution in [0.1, 0.15) is 18.7 Å². The average molecular weight is 266 g/mol. The number of nitrogens with zero attached hydrogens (tertiary/aromatic N) is 2. The number of hydrogen-bond donors (Lipinski definition) is 1. The maximum atomic E-state index is 9.43. The molecule has 0 bridgehead atoms. The lowest BCUT2D eigenvalue weighted by Crippen LogP contribution is -1.95. The van der Waals surface area contributed by atoms with Crippen molar-refractivity contribution >= 4 is 10.9 Å². The minimum absolute atomic E-state index is 0.580. The molecule has 0 aliphatic carbocycles. The van der Waals surface area contributed by atoms with Crippen LogP contribution in [0.3, 0.4) is 0 Å². The highest BCUT2D eigenvalue weighted by molar-refractivity contribution is 5.84. The molecule has 2 heterocycles. The van der Waals surface area contributed by atoms with Gasteiger partial charge in [0.15, 0.2) is 5.75 Å². The zero-order chi connectivity index (χ0) is 13.9. The molecule has 3 rings (SSSR count). The Morgan fingerprint density at radius 3 is 2.65 bits per heavy atom. The van der Waals surface area contributed by atoms with E-state index in [1.54, 1.807) is 31.5 Å². The molecule has 4 nitrogen and oxygen atoms in total. The Morgan fingerprint density at radius 2 is 1.90 bits per heavy atom. The van der Waals surface area contributed by atoms with Gasteiger partial charge in [-0.1, -0.05) is 18.2 Å². The number of fused-ring (bicyclic) bond motifs is 1. The van der Waals surface area contributed by atoms with Crippen LogP contribution in [0, 0.1) is 0 Å². The minimum atomic E-state index is -0.580. The molecule has 1 atom stereocenters. The van der Waals surface area contributed by atoms with Gasteiger partial charge in [0.1, 0.15) is 11.3 Å². The van der Waals surface area contributed by atoms with Gasteiger partial charge in [0.2, 0.25) is 0 Å². The van der Waals surface area contributed by atoms with Gasteiger partial charge in [-0.05, 0) is 31.2 Å². The zero-order valence-corrected chi connectivity index (χ0v) is 11.0. The number of ether oxygens (including phenoxy) is 1. The average Bonchev–Trinajstić information content (AvgIpc) is 2.48. The molecule has 0 aliphatic rings. The van der Waals surface area contributed by atoms with Gasteiger partial charge in [-0.15, -0.1) is 0 Å². The maximum Gasteiger partial charge on any atom is 0.153 e. The first kappa shape index (κ1) is 12.6. The Morgan fingerprint density at radius 1 is 1.05 bits per heavy atom. The van der Waals surface area contributed by atoms with Gasteiger partial charge in [0, 0.05) is 11.6 Å². The van der Waals surface area contributed by atoms with Crippen molar-refractivity contribution in [2.24, 2.45) is 0 Å². The molecule has 4 heteroatoms. The molecule has 0 aliphatic heterocycles. The minimum Gasteiger partial charge on any atom is -0.453 e. The van der Waals surface area contributed by atoms with Gasteiger partial charge in [-0.2, -0.15) is 0 Å². The van der Waals surface area contributed by atoms with Crippen LogP contribution < -0.4 is 4.74 Å². The molecule has 0 radical (unpaired) electrons. The smallest absolute Gasteiger partial charge is 0.153 e. The highest BCUT2D eigenvalue weighted by Gasteiger charge is 2.06. The highest BCUT2D eigenvalue weighted by Crippen LogP contribution is 2.28. The third-order valence-electron chi connectivity index (χ3n) is 3.01. The van der Waals surface area contributed by atoms with Crippen LogP contribution in [0.25, 0.3) is 10.9 Å². The lowest BCUT2D eigenvalue weighted by atomic mass is 10.2. The van der Waals surface area contributed by atoms with Gasteiger partial charge in [-0.3, -0.25) is 9.97 Å². The maximum absolute atomic E-state index is 9.43. The van der Waals surface area contributed by atoms with Gasteiger partial charge in [0.25, 0.3) is 0 Å². The zero-order valence-electron chi connectivity index (χ0n) is 11.0. The number of pyridine rings is 2. The summed E-state index contributed by atoms with van der Waals surface area (Å²) in [6.07, 6.45) is 2.76. The van der Waals surface area contributed by atoms with E-state index in [9.17, 15) is 5.11 Å². The van der Waals surface area contributed by atoms with E-state index in [-0.39, 0.29) is 0 Å². The van der Waals surface area contributed by atoms with Crippen molar-refractivity contribution in [3.8, 4) is 11.5 Å². The van der Waals surface area contributed by atoms with E-state index in [1.807, 2.05) is 30.3 Å². The van der Waals surface area contributed by atoms with E-state index < -0.39 is 6.10 Å². The molecule has 1 aromatic carbocycles. The van der Waals surface area contributed by atoms with Crippen molar-refractivity contribution in [1.82, 2.24) is 9.97 Å². The summed E-state index contributed by atoms with van der Waals surface area (Å²) in [4.78, 5) is 8.50. The Bertz CT molecular complexity index is 719. The molecular formula is C16H14N2O2. The molecule has 0 amide bonds. The van der Waals surface area contributed by atoms with Gasteiger partial charge in [0.05, 0.1) is 18.0 Å². The molecule has 3 aromatic rings. The van der Waals surface area contributed by atoms with E-state index >= 15 is 0 Å². The van der Waals surface area contributed by atoms with E-state index in [1.165, 1.54) is 0 Å². The second-order valence-corrected chi connectivity index (χ2v) is 4.53. The molecule has 20 heavy (non-hydrogen) atoms. The molecule has 1 N–H and O–H groups in total. The Hall–Kier alpha value is -2.46. The van der Waals surface area contributed by atoms with Crippen LogP contribution in [0.15, 0.2) is 54.9 Å². The number of para-hydroxylation sites is 1. The third kappa shape index (κ3) is 2.46. The normalized spacial score (nSPS) is 12.3. The number of rotatable bonds is 3. The Kier molecular flexibility index (Phi) is 3.31. The second kappa shape index (κ2) is 5.27. The number of hydrogen-bond acceptors (Lipinski definition) is 4. The summed E-state index contributed by atoms with van der Waals surface area (Å²) in [6.45, 7) is 1.68. The monoisotopic (exact) mass is 266 g/mol. The molecule has 2 aromatic heterocycles. The number of aliphatic hydroxyl groups excluding tert-OH is 1. The SMILES string of the molecule is CC(O)c1ccc(Oc2cccc3cccnc23)cn1. The summed E-state index contributed by atoms with van der Waals surface area (Å²) in [5.41, 5.74) is 1.43. The predicted octanol–water partition coefficient (Wildman–Crippen LogP) is 3.48. The topological polar surface area (TPSA) is 55.2 Å². The van der Waals surface area contributed by atoms with Crippen molar-refractivity contribution in [3.05, 3.63) is 60.6 Å². The van der Waals surface area contributed by atoms with E-state index in [2.05, 4.69) is 9.97 Å². The fraction of sp³-hybridized carbons (Fsp3) is 0.125. The predicted molar refractivity (Wildman–Crippen MR) is 76.7 cm³/mol. The molecular weight excluding hydrogens is 252 g/mol. The van der Waals surface area contributed by atoms with Crippen molar-refractivity contribution in [2.75, 3.05) is 0 Å². The lowest BCUT2D eigenvalue weighted by Gasteiger charge is -2.09. The third-order valence-corrected chi connectivity index (χ3v) is 3.01. The largest absolute Gasteiger partial charge is 0.453 e. The standard InChI is InChI=1S/C16H14N2O2/c1-11(19)14-8-7-13(10-18-14)20-15-6-2-4-12-5-3-9-17-16(12)15/h2-11,19H,1H3. The molecule has 0 fully saturated rings. The summed E-state index contributed by atoms with van der Waals surface area (Å²) >= 11 is 0. The molecule has 1 unspecified atom stereocenters. The first-order valence-corrected chi connectivity index (χ1v) is 6.39. The van der Waals surface area contributed by atoms with E-state index in [0.29, 0.717) is 17.2 Å². The first-order chi connectivity index (χ1) is 9.74. The van der Waals surface area contributed by atoms with Gasteiger partial charge in [-0.25, -0.2) is 0 Å². The fourth-order valence-corrected chi connectivity index (χ4v) is 1.98. The van der Waals surface area contributed by atoms with Crippen molar-refractivity contribution < 1.29 is 9.84 Å². The summed E-state index contributed by atoms with van der Waals surface area (Å²) in [6, 6.07) is 13.2. The van der Waals surface area contributed by atoms with Crippen LogP contribution in [0.4, 0.5) is 0 Å². The molecule has 0 spiro atoms. The summed E-state index contributed by atoms with van der Waals surface area (Å²) in [7, 11) is 0. The van der Waals surface area contributed by atoms with E-state index in [0.717, 1.165) is 10.9 Å². The van der Waals surface area contributed by atoms with Gasteiger partial charge >= 0.3 is 0 Å². The van der Waals surface area contributed by atoms with Gasteiger partial charge < -0.3 is 9.84 Å². The summed E-state index contributed by atoms with van der Waals surface area (Å²) in [5, 5.41) is 10.5. The van der Waals surface area contributed by atoms with Crippen molar-refractivity contribution in [1.29, 1.82) is 0 Å². The van der Waals surface area contributed by atoms with Crippen molar-refractivity contribution in [3.63, 3.8) is 0 Å². The van der Waals surface area contributed by atoms with Crippen LogP contribution in [-0.2, 0) is 0 Å². The Labute approximate surface area is 116 Å². The van der Waals surface area contributed by atoms with E-state index in [4.69, 9.17) is 4.74 Å². The first-order valence-electron chi connectivity index (χ1n) is 6.39. The number of aliphatic hydroxyl groups is 1. The Balaban J connectivity index is 1.93. The summed E-state index contributed by atoms with van der Waals surface area (Å²) < 4.78 is 5.82. The highest BCUT2D eigenvalue weighted by atomic mass is 16.5. The molecule has 0 saturated carbocycles. The molecule has 100 valence electrons. The van der Waals surface area contributed by atoms with Crippen LogP contribution >= 0.6 is 0 Å². The number of aromatic nitrogens is 2. The van der Waals surface area contributed by atoms with Crippen LogP contribution in [-0.4, -0.2) is 15.1 Å².